The lowest BCUT2D eigenvalue weighted by Crippen LogP contribution is -2.27. The maximum Gasteiger partial charge on any atom is 0.317 e. The van der Waals surface area contributed by atoms with Crippen LogP contribution in [0.25, 0.3) is 0 Å². The van der Waals surface area contributed by atoms with Crippen molar-refractivity contribution in [2.24, 2.45) is 0 Å². The lowest BCUT2D eigenvalue weighted by Gasteiger charge is -2.03. The number of amides is 2. The fraction of sp³-hybridized carbons (Fsp3) is 0.800. The van der Waals surface area contributed by atoms with Gasteiger partial charge in [-0.25, -0.2) is 4.79 Å². The van der Waals surface area contributed by atoms with Crippen molar-refractivity contribution in [2.75, 3.05) is 19.5 Å². The van der Waals surface area contributed by atoms with E-state index >= 15 is 0 Å². The summed E-state index contributed by atoms with van der Waals surface area (Å²) in [6.45, 7) is 0.725. The Labute approximate surface area is 59.0 Å². The normalized spacial score (nSPS) is 26.7. The largest absolute Gasteiger partial charge is 0.332 e. The zero-order valence-electron chi connectivity index (χ0n) is 5.22. The van der Waals surface area contributed by atoms with Gasteiger partial charge in [0.2, 0.25) is 0 Å². The van der Waals surface area contributed by atoms with Gasteiger partial charge in [0.1, 0.15) is 0 Å². The van der Waals surface area contributed by atoms with E-state index in [2.05, 4.69) is 5.32 Å². The van der Waals surface area contributed by atoms with Gasteiger partial charge in [0.05, 0.1) is 6.04 Å². The van der Waals surface area contributed by atoms with Crippen LogP contribution in [-0.4, -0.2) is 36.4 Å². The van der Waals surface area contributed by atoms with Gasteiger partial charge >= 0.3 is 6.03 Å². The molecule has 0 aliphatic carbocycles. The van der Waals surface area contributed by atoms with Crippen LogP contribution in [0.4, 0.5) is 4.79 Å². The lowest BCUT2D eigenvalue weighted by atomic mass is 10.4. The maximum atomic E-state index is 10.7. The Bertz CT molecular complexity index is 128. The molecule has 52 valence electrons. The molecule has 3 nitrogen and oxygen atoms in total. The third-order valence-corrected chi connectivity index (χ3v) is 1.73. The molecule has 1 fully saturated rings. The molecule has 0 radical (unpaired) electrons. The number of carbonyl (C=O) groups is 1. The molecule has 0 aromatic carbocycles. The molecule has 1 atom stereocenters. The summed E-state index contributed by atoms with van der Waals surface area (Å²) >= 11 is 5.50. The van der Waals surface area contributed by atoms with E-state index in [0.29, 0.717) is 5.88 Å². The second-order valence-electron chi connectivity index (χ2n) is 2.18. The molecule has 4 heteroatoms. The molecule has 0 bridgehead atoms. The summed E-state index contributed by atoms with van der Waals surface area (Å²) < 4.78 is 0. The molecular formula is C5H9ClN2O. The van der Waals surface area contributed by atoms with Crippen LogP contribution in [0, 0.1) is 0 Å². The van der Waals surface area contributed by atoms with Crippen molar-refractivity contribution in [1.82, 2.24) is 10.2 Å². The molecule has 0 unspecified atom stereocenters. The lowest BCUT2D eigenvalue weighted by molar-refractivity contribution is 0.226. The summed E-state index contributed by atoms with van der Waals surface area (Å²) in [4.78, 5) is 12.3. The minimum atomic E-state index is -0.0272. The van der Waals surface area contributed by atoms with Crippen molar-refractivity contribution in [3.8, 4) is 0 Å². The average Bonchev–Trinajstić information content (AvgIpc) is 2.13. The standard InChI is InChI=1S/C5H9ClN2O/c1-8-3-4(2-6)7-5(8)9/h4H,2-3H2,1H3,(H,7,9)/t4-/m0/s1. The van der Waals surface area contributed by atoms with Crippen LogP contribution in [0.5, 0.6) is 0 Å². The number of likely N-dealkylation sites (N-methyl/N-ethyl adjacent to an activating group) is 1. The highest BCUT2D eigenvalue weighted by Gasteiger charge is 2.23. The van der Waals surface area contributed by atoms with Crippen LogP contribution in [0.2, 0.25) is 0 Å². The Kier molecular flexibility index (Phi) is 1.81. The van der Waals surface area contributed by atoms with Gasteiger partial charge in [-0.05, 0) is 0 Å². The molecule has 1 heterocycles. The summed E-state index contributed by atoms with van der Waals surface area (Å²) in [6, 6.07) is 0.116. The Morgan fingerprint density at radius 1 is 2.00 bits per heavy atom. The molecule has 0 spiro atoms. The Morgan fingerprint density at radius 2 is 2.67 bits per heavy atom. The molecule has 1 rings (SSSR count). The second-order valence-corrected chi connectivity index (χ2v) is 2.49. The van der Waals surface area contributed by atoms with E-state index in [1.165, 1.54) is 0 Å². The predicted molar refractivity (Wildman–Crippen MR) is 35.7 cm³/mol. The van der Waals surface area contributed by atoms with E-state index in [1.807, 2.05) is 0 Å². The molecule has 0 saturated carbocycles. The van der Waals surface area contributed by atoms with Crippen molar-refractivity contribution in [2.45, 2.75) is 6.04 Å². The van der Waals surface area contributed by atoms with Crippen LogP contribution < -0.4 is 5.32 Å². The van der Waals surface area contributed by atoms with Gasteiger partial charge in [-0.1, -0.05) is 0 Å². The minimum Gasteiger partial charge on any atom is -0.332 e. The first-order valence-electron chi connectivity index (χ1n) is 2.81. The van der Waals surface area contributed by atoms with Crippen molar-refractivity contribution in [3.63, 3.8) is 0 Å². The van der Waals surface area contributed by atoms with E-state index < -0.39 is 0 Å². The summed E-state index contributed by atoms with van der Waals surface area (Å²) in [5.41, 5.74) is 0. The minimum absolute atomic E-state index is 0.0272. The van der Waals surface area contributed by atoms with Crippen LogP contribution in [0.1, 0.15) is 0 Å². The first kappa shape index (κ1) is 6.68. The van der Waals surface area contributed by atoms with Gasteiger partial charge in [0.25, 0.3) is 0 Å². The SMILES string of the molecule is CN1C[C@H](CCl)NC1=O. The third kappa shape index (κ3) is 1.27. The number of nitrogens with one attached hydrogen (secondary N) is 1. The van der Waals surface area contributed by atoms with Crippen LogP contribution in [-0.2, 0) is 0 Å². The summed E-state index contributed by atoms with van der Waals surface area (Å²) in [5, 5.41) is 2.71. The first-order chi connectivity index (χ1) is 4.24. The highest BCUT2D eigenvalue weighted by atomic mass is 35.5. The van der Waals surface area contributed by atoms with Crippen molar-refractivity contribution < 1.29 is 4.79 Å². The molecule has 1 saturated heterocycles. The number of halogens is 1. The zero-order valence-corrected chi connectivity index (χ0v) is 5.98. The Hall–Kier alpha value is -0.440. The van der Waals surface area contributed by atoms with Crippen LogP contribution >= 0.6 is 11.6 Å². The highest BCUT2D eigenvalue weighted by molar-refractivity contribution is 6.18. The monoisotopic (exact) mass is 148 g/mol. The summed E-state index contributed by atoms with van der Waals surface area (Å²) in [6.07, 6.45) is 0. The number of carbonyl (C=O) groups excluding carboxylic acids is 1. The molecule has 1 aliphatic heterocycles. The van der Waals surface area contributed by atoms with Gasteiger partial charge in [-0.3, -0.25) is 0 Å². The van der Waals surface area contributed by atoms with Crippen molar-refractivity contribution in [3.05, 3.63) is 0 Å². The molecule has 0 aromatic rings. The number of hydrogen-bond acceptors (Lipinski definition) is 1. The van der Waals surface area contributed by atoms with E-state index in [4.69, 9.17) is 11.6 Å². The molecule has 1 aliphatic rings. The fourth-order valence-corrected chi connectivity index (χ4v) is 1.01. The van der Waals surface area contributed by atoms with Gasteiger partial charge in [0, 0.05) is 19.5 Å². The number of hydrogen-bond donors (Lipinski definition) is 1. The molecule has 0 aromatic heterocycles. The number of alkyl halides is 1. The molecule has 1 N–H and O–H groups in total. The topological polar surface area (TPSA) is 32.3 Å². The molecule has 9 heavy (non-hydrogen) atoms. The number of urea groups is 1. The third-order valence-electron chi connectivity index (χ3n) is 1.35. The smallest absolute Gasteiger partial charge is 0.317 e. The molecule has 2 amide bonds. The number of rotatable bonds is 1. The zero-order chi connectivity index (χ0) is 6.85. The fourth-order valence-electron chi connectivity index (χ4n) is 0.831. The summed E-state index contributed by atoms with van der Waals surface area (Å²) in [7, 11) is 1.75. The quantitative estimate of drug-likeness (QED) is 0.532. The van der Waals surface area contributed by atoms with Crippen LogP contribution in [0.15, 0.2) is 0 Å². The first-order valence-corrected chi connectivity index (χ1v) is 3.35. The maximum absolute atomic E-state index is 10.7. The Balaban J connectivity index is 2.44. The highest BCUT2D eigenvalue weighted by Crippen LogP contribution is 2.01. The second kappa shape index (κ2) is 2.43. The van der Waals surface area contributed by atoms with Gasteiger partial charge in [-0.2, -0.15) is 0 Å². The van der Waals surface area contributed by atoms with Gasteiger partial charge in [0.15, 0.2) is 0 Å². The van der Waals surface area contributed by atoms with Crippen molar-refractivity contribution in [1.29, 1.82) is 0 Å². The Morgan fingerprint density at radius 3 is 2.89 bits per heavy atom. The predicted octanol–water partition coefficient (Wildman–Crippen LogP) is 0.249. The van der Waals surface area contributed by atoms with Crippen LogP contribution in [0.3, 0.4) is 0 Å². The van der Waals surface area contributed by atoms with Crippen molar-refractivity contribution >= 4 is 17.6 Å². The van der Waals surface area contributed by atoms with E-state index in [1.54, 1.807) is 11.9 Å². The van der Waals surface area contributed by atoms with E-state index in [-0.39, 0.29) is 12.1 Å². The number of nitrogens with zero attached hydrogens (tertiary/aromatic N) is 1. The van der Waals surface area contributed by atoms with Gasteiger partial charge < -0.3 is 10.2 Å². The molecular weight excluding hydrogens is 140 g/mol. The average molecular weight is 149 g/mol. The van der Waals surface area contributed by atoms with E-state index in [9.17, 15) is 4.79 Å². The summed E-state index contributed by atoms with van der Waals surface area (Å²) in [5.74, 6) is 0.496. The van der Waals surface area contributed by atoms with E-state index in [0.717, 1.165) is 6.54 Å². The van der Waals surface area contributed by atoms with Gasteiger partial charge in [-0.15, -0.1) is 11.6 Å².